The van der Waals surface area contributed by atoms with Crippen molar-refractivity contribution in [1.82, 2.24) is 15.1 Å². The number of benzene rings is 1. The molecule has 1 amide bonds. The van der Waals surface area contributed by atoms with E-state index in [0.717, 1.165) is 27.8 Å². The van der Waals surface area contributed by atoms with E-state index in [1.54, 1.807) is 17.0 Å². The van der Waals surface area contributed by atoms with Gasteiger partial charge in [-0.05, 0) is 35.6 Å². The highest BCUT2D eigenvalue weighted by molar-refractivity contribution is 5.97. The third-order valence-electron chi connectivity index (χ3n) is 4.65. The van der Waals surface area contributed by atoms with Crippen LogP contribution < -0.4 is 16.8 Å². The molecule has 0 saturated heterocycles. The van der Waals surface area contributed by atoms with E-state index < -0.39 is 0 Å². The second kappa shape index (κ2) is 10.4. The fourth-order valence-corrected chi connectivity index (χ4v) is 3.06. The number of allylic oxidation sites excluding steroid dienone is 3. The van der Waals surface area contributed by atoms with Gasteiger partial charge in [0.25, 0.3) is 5.91 Å². The minimum atomic E-state index is -0.139. The number of hydrogen-bond donors (Lipinski definition) is 3. The van der Waals surface area contributed by atoms with E-state index in [-0.39, 0.29) is 11.8 Å². The maximum absolute atomic E-state index is 12.4. The van der Waals surface area contributed by atoms with E-state index in [2.05, 4.69) is 36.4 Å². The van der Waals surface area contributed by atoms with Crippen LogP contribution in [0.1, 0.15) is 26.3 Å². The largest absolute Gasteiger partial charge is 0.404 e. The number of carbonyl (C=O) groups excluding carboxylic acids is 1. The molecule has 29 heavy (non-hydrogen) atoms. The van der Waals surface area contributed by atoms with Crippen LogP contribution in [0.4, 0.5) is 0 Å². The van der Waals surface area contributed by atoms with Gasteiger partial charge < -0.3 is 16.8 Å². The maximum atomic E-state index is 12.4. The van der Waals surface area contributed by atoms with E-state index in [4.69, 9.17) is 11.5 Å². The van der Waals surface area contributed by atoms with Gasteiger partial charge in [0.15, 0.2) is 0 Å². The summed E-state index contributed by atoms with van der Waals surface area (Å²) in [5.74, 6) is 0.0412. The summed E-state index contributed by atoms with van der Waals surface area (Å²) in [7, 11) is 1.90. The molecule has 154 valence electrons. The highest BCUT2D eigenvalue weighted by Crippen LogP contribution is 2.31. The summed E-state index contributed by atoms with van der Waals surface area (Å²) in [6, 6.07) is 8.19. The van der Waals surface area contributed by atoms with Crippen LogP contribution in [0.2, 0.25) is 0 Å². The molecule has 0 bridgehead atoms. The number of nitrogens with zero attached hydrogens (tertiary/aromatic N) is 2. The first-order valence-electron chi connectivity index (χ1n) is 9.79. The van der Waals surface area contributed by atoms with Crippen LogP contribution in [0.25, 0.3) is 16.7 Å². The van der Waals surface area contributed by atoms with Crippen LogP contribution >= 0.6 is 0 Å². The van der Waals surface area contributed by atoms with Gasteiger partial charge in [-0.15, -0.1) is 0 Å². The number of hydrogen-bond acceptors (Lipinski definition) is 4. The lowest BCUT2D eigenvalue weighted by molar-refractivity contribution is -0.117. The molecule has 2 aromatic rings. The second-order valence-corrected chi connectivity index (χ2v) is 7.10. The number of rotatable bonds is 8. The van der Waals surface area contributed by atoms with Crippen molar-refractivity contribution in [2.75, 3.05) is 13.1 Å². The molecule has 0 aliphatic heterocycles. The number of aromatic nitrogens is 2. The minimum absolute atomic E-state index is 0.139. The third-order valence-corrected chi connectivity index (χ3v) is 4.65. The maximum Gasteiger partial charge on any atom is 0.250 e. The molecular weight excluding hydrogens is 362 g/mol. The first kappa shape index (κ1) is 22.2. The normalized spacial score (nSPS) is 13.1. The molecule has 6 heteroatoms. The van der Waals surface area contributed by atoms with Crippen LogP contribution in [0.3, 0.4) is 0 Å². The van der Waals surface area contributed by atoms with Crippen LogP contribution in [0, 0.1) is 5.92 Å². The number of carbonyl (C=O) groups is 1. The molecule has 0 saturated carbocycles. The van der Waals surface area contributed by atoms with Gasteiger partial charge >= 0.3 is 0 Å². The van der Waals surface area contributed by atoms with Gasteiger partial charge in [-0.3, -0.25) is 9.48 Å². The number of amides is 1. The first-order valence-corrected chi connectivity index (χ1v) is 9.79. The Bertz CT molecular complexity index is 917. The van der Waals surface area contributed by atoms with Crippen molar-refractivity contribution in [3.05, 3.63) is 71.7 Å². The quantitative estimate of drug-likeness (QED) is 0.474. The fraction of sp³-hybridized carbons (Fsp3) is 0.304. The molecule has 0 fully saturated rings. The molecule has 5 N–H and O–H groups in total. The molecule has 2 rings (SSSR count). The Hall–Kier alpha value is -3.12. The van der Waals surface area contributed by atoms with Crippen molar-refractivity contribution in [3.63, 3.8) is 0 Å². The van der Waals surface area contributed by atoms with Gasteiger partial charge in [-0.2, -0.15) is 5.10 Å². The van der Waals surface area contributed by atoms with E-state index in [0.29, 0.717) is 18.7 Å². The van der Waals surface area contributed by atoms with Crippen LogP contribution in [0.5, 0.6) is 0 Å². The molecule has 0 aliphatic carbocycles. The molecule has 0 aliphatic rings. The van der Waals surface area contributed by atoms with E-state index in [1.807, 2.05) is 44.6 Å². The SMILES string of the molecule is CC=C(/C=C(/C(=C\N)c1ccc(-c2cnn(C)c2)cc1)C(C)C)C(=O)NCCN. The number of aryl methyl sites for hydroxylation is 1. The zero-order chi connectivity index (χ0) is 21.4. The lowest BCUT2D eigenvalue weighted by atomic mass is 9.88. The Labute approximate surface area is 173 Å². The molecule has 1 aromatic carbocycles. The van der Waals surface area contributed by atoms with Crippen molar-refractivity contribution >= 4 is 11.5 Å². The predicted molar refractivity (Wildman–Crippen MR) is 120 cm³/mol. The van der Waals surface area contributed by atoms with Gasteiger partial charge in [0.05, 0.1) is 6.20 Å². The van der Waals surface area contributed by atoms with Gasteiger partial charge in [0.1, 0.15) is 0 Å². The topological polar surface area (TPSA) is 99.0 Å². The van der Waals surface area contributed by atoms with Crippen LogP contribution in [-0.2, 0) is 11.8 Å². The standard InChI is InChI=1S/C23H31N5O/c1-5-17(23(29)26-11-10-24)12-21(16(2)3)22(13-25)19-8-6-18(7-9-19)20-14-27-28(4)15-20/h5-9,12-16H,10-11,24-25H2,1-4H3,(H,26,29)/b17-5?,21-12+,22-13-. The third kappa shape index (κ3) is 5.68. The number of nitrogens with two attached hydrogens (primary N) is 2. The highest BCUT2D eigenvalue weighted by Gasteiger charge is 2.15. The summed E-state index contributed by atoms with van der Waals surface area (Å²) in [5, 5.41) is 7.04. The molecule has 1 aromatic heterocycles. The fourth-order valence-electron chi connectivity index (χ4n) is 3.06. The Morgan fingerprint density at radius 2 is 1.93 bits per heavy atom. The average Bonchev–Trinajstić information content (AvgIpc) is 3.15. The average molecular weight is 394 g/mol. The molecule has 6 nitrogen and oxygen atoms in total. The molecular formula is C23H31N5O. The van der Waals surface area contributed by atoms with Crippen molar-refractivity contribution in [3.8, 4) is 11.1 Å². The van der Waals surface area contributed by atoms with Crippen molar-refractivity contribution in [1.29, 1.82) is 0 Å². The summed E-state index contributed by atoms with van der Waals surface area (Å²) in [5.41, 5.74) is 17.1. The molecule has 0 spiro atoms. The Morgan fingerprint density at radius 1 is 1.24 bits per heavy atom. The highest BCUT2D eigenvalue weighted by atomic mass is 16.1. The Kier molecular flexibility index (Phi) is 7.98. The van der Waals surface area contributed by atoms with E-state index in [1.165, 1.54) is 0 Å². The summed E-state index contributed by atoms with van der Waals surface area (Å²) in [6.45, 7) is 6.87. The first-order chi connectivity index (χ1) is 13.9. The van der Waals surface area contributed by atoms with E-state index in [9.17, 15) is 4.79 Å². The zero-order valence-electron chi connectivity index (χ0n) is 17.6. The predicted octanol–water partition coefficient (Wildman–Crippen LogP) is 2.99. The van der Waals surface area contributed by atoms with Gasteiger partial charge in [-0.25, -0.2) is 0 Å². The summed E-state index contributed by atoms with van der Waals surface area (Å²) in [4.78, 5) is 12.4. The smallest absolute Gasteiger partial charge is 0.250 e. The lowest BCUT2D eigenvalue weighted by Gasteiger charge is -2.17. The summed E-state index contributed by atoms with van der Waals surface area (Å²) in [6.07, 6.45) is 9.13. The molecule has 1 heterocycles. The Balaban J connectivity index is 2.36. The zero-order valence-corrected chi connectivity index (χ0v) is 17.6. The van der Waals surface area contributed by atoms with Crippen molar-refractivity contribution in [2.24, 2.45) is 24.4 Å². The second-order valence-electron chi connectivity index (χ2n) is 7.10. The summed E-state index contributed by atoms with van der Waals surface area (Å²) >= 11 is 0. The summed E-state index contributed by atoms with van der Waals surface area (Å²) < 4.78 is 1.78. The number of nitrogens with one attached hydrogen (secondary N) is 1. The molecule has 0 atom stereocenters. The Morgan fingerprint density at radius 3 is 2.41 bits per heavy atom. The minimum Gasteiger partial charge on any atom is -0.404 e. The monoisotopic (exact) mass is 393 g/mol. The van der Waals surface area contributed by atoms with Crippen molar-refractivity contribution in [2.45, 2.75) is 20.8 Å². The van der Waals surface area contributed by atoms with Crippen LogP contribution in [0.15, 0.2) is 66.2 Å². The van der Waals surface area contributed by atoms with Crippen LogP contribution in [-0.4, -0.2) is 28.8 Å². The van der Waals surface area contributed by atoms with E-state index >= 15 is 0 Å². The van der Waals surface area contributed by atoms with Crippen molar-refractivity contribution < 1.29 is 4.79 Å². The van der Waals surface area contributed by atoms with Gasteiger partial charge in [0.2, 0.25) is 0 Å². The molecule has 0 unspecified atom stereocenters. The molecule has 0 radical (unpaired) electrons. The van der Waals surface area contributed by atoms with Gasteiger partial charge in [0, 0.05) is 49.2 Å². The van der Waals surface area contributed by atoms with Gasteiger partial charge in [-0.1, -0.05) is 44.2 Å². The lowest BCUT2D eigenvalue weighted by Crippen LogP contribution is -2.29.